The molecule has 0 aliphatic heterocycles. The zero-order chi connectivity index (χ0) is 8.43. The minimum atomic E-state index is -2.10. The molecule has 4 heteroatoms. The smallest absolute Gasteiger partial charge is 0.768 e. The summed E-state index contributed by atoms with van der Waals surface area (Å²) in [4.78, 5) is 0.385. The molecule has 0 spiro atoms. The average molecular weight is 192 g/mol. The summed E-state index contributed by atoms with van der Waals surface area (Å²) in [5.41, 5.74) is 1.88. The van der Waals surface area contributed by atoms with Crippen LogP contribution in [0.2, 0.25) is 0 Å². The standard InChI is InChI=1S/C8H10O2S.Na/c1-6-3-4-8(11(9)10)7(2)5-6;/h3-5H,1-2H3,(H,9,10);/q;+1/p-1. The Bertz CT molecular complexity index is 299. The first-order valence-corrected chi connectivity index (χ1v) is 4.35. The normalized spacial score (nSPS) is 11.9. The van der Waals surface area contributed by atoms with Crippen LogP contribution >= 0.6 is 0 Å². The summed E-state index contributed by atoms with van der Waals surface area (Å²) in [7, 11) is 0. The zero-order valence-corrected chi connectivity index (χ0v) is 10.3. The molecule has 1 rings (SSSR count). The Morgan fingerprint density at radius 1 is 1.33 bits per heavy atom. The first-order chi connectivity index (χ1) is 5.11. The minimum Gasteiger partial charge on any atom is -0.768 e. The molecule has 2 nitrogen and oxygen atoms in total. The van der Waals surface area contributed by atoms with E-state index in [1.54, 1.807) is 19.1 Å². The van der Waals surface area contributed by atoms with Gasteiger partial charge in [-0.05, 0) is 36.6 Å². The molecule has 0 amide bonds. The molecule has 0 N–H and O–H groups in total. The van der Waals surface area contributed by atoms with E-state index in [1.807, 2.05) is 13.0 Å². The van der Waals surface area contributed by atoms with Gasteiger partial charge in [0.25, 0.3) is 0 Å². The number of rotatable bonds is 1. The largest absolute Gasteiger partial charge is 1.00 e. The second-order valence-electron chi connectivity index (χ2n) is 2.50. The van der Waals surface area contributed by atoms with Crippen molar-refractivity contribution in [3.63, 3.8) is 0 Å². The summed E-state index contributed by atoms with van der Waals surface area (Å²) in [5.74, 6) is 0. The van der Waals surface area contributed by atoms with E-state index in [4.69, 9.17) is 0 Å². The third-order valence-electron chi connectivity index (χ3n) is 1.51. The first-order valence-electron chi connectivity index (χ1n) is 3.28. The molecule has 0 aliphatic rings. The molecule has 0 saturated heterocycles. The van der Waals surface area contributed by atoms with Gasteiger partial charge in [0, 0.05) is 4.90 Å². The van der Waals surface area contributed by atoms with Crippen molar-refractivity contribution in [3.05, 3.63) is 29.3 Å². The van der Waals surface area contributed by atoms with E-state index in [-0.39, 0.29) is 29.6 Å². The molecule has 0 bridgehead atoms. The monoisotopic (exact) mass is 192 g/mol. The van der Waals surface area contributed by atoms with E-state index < -0.39 is 11.1 Å². The maximum Gasteiger partial charge on any atom is 1.00 e. The Balaban J connectivity index is 0.00000121. The van der Waals surface area contributed by atoms with Crippen molar-refractivity contribution in [2.24, 2.45) is 0 Å². The Morgan fingerprint density at radius 3 is 2.33 bits per heavy atom. The van der Waals surface area contributed by atoms with E-state index >= 15 is 0 Å². The van der Waals surface area contributed by atoms with E-state index in [0.29, 0.717) is 4.90 Å². The van der Waals surface area contributed by atoms with Gasteiger partial charge in [-0.15, -0.1) is 0 Å². The fourth-order valence-electron chi connectivity index (χ4n) is 0.986. The molecular formula is C8H9NaO2S. The summed E-state index contributed by atoms with van der Waals surface area (Å²) >= 11 is -2.10. The van der Waals surface area contributed by atoms with Gasteiger partial charge in [0.1, 0.15) is 0 Å². The van der Waals surface area contributed by atoms with Gasteiger partial charge in [-0.25, -0.2) is 0 Å². The topological polar surface area (TPSA) is 40.1 Å². The molecule has 0 aliphatic carbocycles. The SMILES string of the molecule is Cc1ccc(S(=O)[O-])c(C)c1.[Na+]. The van der Waals surface area contributed by atoms with Crippen molar-refractivity contribution >= 4 is 11.1 Å². The van der Waals surface area contributed by atoms with Gasteiger partial charge in [-0.3, -0.25) is 4.21 Å². The van der Waals surface area contributed by atoms with Crippen molar-refractivity contribution < 1.29 is 38.3 Å². The van der Waals surface area contributed by atoms with Crippen LogP contribution in [-0.2, 0) is 11.1 Å². The van der Waals surface area contributed by atoms with Crippen LogP contribution in [0.25, 0.3) is 0 Å². The van der Waals surface area contributed by atoms with Crippen molar-refractivity contribution in [1.29, 1.82) is 0 Å². The quantitative estimate of drug-likeness (QED) is 0.403. The second-order valence-corrected chi connectivity index (χ2v) is 3.41. The summed E-state index contributed by atoms with van der Waals surface area (Å²) in [5, 5.41) is 0. The second kappa shape index (κ2) is 5.14. The molecule has 1 aromatic carbocycles. The Labute approximate surface area is 97.0 Å². The van der Waals surface area contributed by atoms with E-state index in [1.165, 1.54) is 0 Å². The van der Waals surface area contributed by atoms with Crippen molar-refractivity contribution in [2.45, 2.75) is 18.7 Å². The molecule has 0 heterocycles. The summed E-state index contributed by atoms with van der Waals surface area (Å²) in [6, 6.07) is 5.26. The third-order valence-corrected chi connectivity index (χ3v) is 2.33. The van der Waals surface area contributed by atoms with Crippen LogP contribution in [0.5, 0.6) is 0 Å². The molecule has 12 heavy (non-hydrogen) atoms. The average Bonchev–Trinajstić information content (AvgIpc) is 1.85. The van der Waals surface area contributed by atoms with Crippen molar-refractivity contribution in [2.75, 3.05) is 0 Å². The van der Waals surface area contributed by atoms with Gasteiger partial charge in [0.2, 0.25) is 0 Å². The Morgan fingerprint density at radius 2 is 1.92 bits per heavy atom. The summed E-state index contributed by atoms with van der Waals surface area (Å²) < 4.78 is 21.1. The van der Waals surface area contributed by atoms with Gasteiger partial charge >= 0.3 is 29.6 Å². The van der Waals surface area contributed by atoms with Crippen LogP contribution in [0.1, 0.15) is 11.1 Å². The predicted octanol–water partition coefficient (Wildman–Crippen LogP) is -1.45. The molecule has 1 atom stereocenters. The van der Waals surface area contributed by atoms with Gasteiger partial charge in [-0.2, -0.15) is 0 Å². The van der Waals surface area contributed by atoms with Gasteiger partial charge in [0.15, 0.2) is 0 Å². The predicted molar refractivity (Wildman–Crippen MR) is 43.1 cm³/mol. The van der Waals surface area contributed by atoms with Crippen LogP contribution in [0.3, 0.4) is 0 Å². The molecule has 60 valence electrons. The molecule has 0 saturated carbocycles. The molecule has 0 radical (unpaired) electrons. The van der Waals surface area contributed by atoms with E-state index in [9.17, 15) is 8.76 Å². The van der Waals surface area contributed by atoms with E-state index in [2.05, 4.69) is 0 Å². The first kappa shape index (κ1) is 12.3. The van der Waals surface area contributed by atoms with Crippen LogP contribution in [0.15, 0.2) is 23.1 Å². The van der Waals surface area contributed by atoms with E-state index in [0.717, 1.165) is 11.1 Å². The maximum atomic E-state index is 10.5. The fourth-order valence-corrected chi connectivity index (χ4v) is 1.49. The minimum absolute atomic E-state index is 0. The van der Waals surface area contributed by atoms with Crippen molar-refractivity contribution in [3.8, 4) is 0 Å². The molecule has 0 fully saturated rings. The van der Waals surface area contributed by atoms with Crippen LogP contribution in [0.4, 0.5) is 0 Å². The third kappa shape index (κ3) is 2.99. The van der Waals surface area contributed by atoms with Gasteiger partial charge in [0.05, 0.1) is 0 Å². The summed E-state index contributed by atoms with van der Waals surface area (Å²) in [6.07, 6.45) is 0. The van der Waals surface area contributed by atoms with Gasteiger partial charge < -0.3 is 4.55 Å². The molecule has 0 aromatic heterocycles. The van der Waals surface area contributed by atoms with Crippen LogP contribution < -0.4 is 29.6 Å². The zero-order valence-electron chi connectivity index (χ0n) is 7.46. The van der Waals surface area contributed by atoms with Crippen molar-refractivity contribution in [1.82, 2.24) is 0 Å². The molecule has 1 unspecified atom stereocenters. The number of hydrogen-bond donors (Lipinski definition) is 0. The van der Waals surface area contributed by atoms with Gasteiger partial charge in [-0.1, -0.05) is 17.7 Å². The molecular weight excluding hydrogens is 183 g/mol. The Hall–Kier alpha value is 0.330. The maximum absolute atomic E-state index is 10.5. The van der Waals surface area contributed by atoms with Crippen LogP contribution in [0, 0.1) is 13.8 Å². The van der Waals surface area contributed by atoms with Crippen LogP contribution in [-0.4, -0.2) is 8.76 Å². The summed E-state index contributed by atoms with van der Waals surface area (Å²) in [6.45, 7) is 3.72. The fraction of sp³-hybridized carbons (Fsp3) is 0.250. The number of hydrogen-bond acceptors (Lipinski definition) is 2. The number of benzene rings is 1. The Kier molecular flexibility index (Phi) is 5.29. The number of aryl methyl sites for hydroxylation is 2. The molecule has 1 aromatic rings.